The fourth-order valence-corrected chi connectivity index (χ4v) is 4.84. The summed E-state index contributed by atoms with van der Waals surface area (Å²) in [5.74, 6) is 0.204. The van der Waals surface area contributed by atoms with E-state index in [0.29, 0.717) is 49.4 Å². The number of ether oxygens (including phenoxy) is 2. The van der Waals surface area contributed by atoms with Gasteiger partial charge in [0, 0.05) is 43.3 Å². The number of carbonyl (C=O) groups is 2. The largest absolute Gasteiger partial charge is 0.494 e. The Bertz CT molecular complexity index is 1190. The number of nitrogens with zero attached hydrogens (tertiary/aromatic N) is 2. The number of benzene rings is 2. The summed E-state index contributed by atoms with van der Waals surface area (Å²) in [6.07, 6.45) is 3.50. The number of hydrogen-bond acceptors (Lipinski definition) is 5. The highest BCUT2D eigenvalue weighted by Gasteiger charge is 2.34. The van der Waals surface area contributed by atoms with E-state index in [-0.39, 0.29) is 11.8 Å². The standard InChI is InChI=1S/C26H27F2N3O4/c27-26(28)35-19-9-12-30(16-19)11-8-17-15-29-23-7-6-18(14-22(17)23)34-13-3-10-31-24(32)20-4-1-2-5-21(20)25(31)33/h1-2,4-7,14-15,19,26,29H,3,8-13,16H2/t19-/m0/s1. The summed E-state index contributed by atoms with van der Waals surface area (Å²) in [5.41, 5.74) is 3.04. The molecule has 0 bridgehead atoms. The average Bonchev–Trinajstić information content (AvgIpc) is 3.53. The van der Waals surface area contributed by atoms with Gasteiger partial charge in [0.15, 0.2) is 0 Å². The van der Waals surface area contributed by atoms with E-state index in [9.17, 15) is 18.4 Å². The molecule has 1 saturated heterocycles. The Morgan fingerprint density at radius 1 is 1.06 bits per heavy atom. The Morgan fingerprint density at radius 2 is 1.83 bits per heavy atom. The van der Waals surface area contributed by atoms with Gasteiger partial charge in [0.05, 0.1) is 23.8 Å². The molecule has 184 valence electrons. The minimum absolute atomic E-state index is 0.255. The number of H-pyrrole nitrogens is 1. The lowest BCUT2D eigenvalue weighted by Gasteiger charge is -2.16. The minimum Gasteiger partial charge on any atom is -0.494 e. The maximum Gasteiger partial charge on any atom is 0.345 e. The Kier molecular flexibility index (Phi) is 6.79. The van der Waals surface area contributed by atoms with E-state index >= 15 is 0 Å². The molecule has 1 fully saturated rings. The molecule has 35 heavy (non-hydrogen) atoms. The van der Waals surface area contributed by atoms with E-state index < -0.39 is 12.7 Å². The SMILES string of the molecule is O=C1c2ccccc2C(=O)N1CCCOc1ccc2[nH]cc(CCN3CC[C@H](OC(F)F)C3)c2c1. The van der Waals surface area contributed by atoms with Crippen molar-refractivity contribution >= 4 is 22.7 Å². The molecule has 7 nitrogen and oxygen atoms in total. The molecular formula is C26H27F2N3O4. The average molecular weight is 484 g/mol. The van der Waals surface area contributed by atoms with Crippen molar-refractivity contribution in [3.63, 3.8) is 0 Å². The van der Waals surface area contributed by atoms with Crippen LogP contribution in [0, 0.1) is 0 Å². The lowest BCUT2D eigenvalue weighted by molar-refractivity contribution is -0.158. The zero-order valence-electron chi connectivity index (χ0n) is 19.2. The fourth-order valence-electron chi connectivity index (χ4n) is 4.84. The maximum atomic E-state index is 12.5. The number of rotatable bonds is 10. The first-order chi connectivity index (χ1) is 17.0. The van der Waals surface area contributed by atoms with Crippen LogP contribution in [0.4, 0.5) is 8.78 Å². The number of aromatic amines is 1. The lowest BCUT2D eigenvalue weighted by atomic mass is 10.1. The van der Waals surface area contributed by atoms with Crippen molar-refractivity contribution in [2.24, 2.45) is 0 Å². The molecule has 0 spiro atoms. The summed E-state index contributed by atoms with van der Waals surface area (Å²) in [4.78, 5) is 31.6. The summed E-state index contributed by atoms with van der Waals surface area (Å²) < 4.78 is 35.4. The molecule has 2 aromatic carbocycles. The van der Waals surface area contributed by atoms with Crippen LogP contribution in [0.15, 0.2) is 48.7 Å². The molecule has 3 heterocycles. The molecule has 0 unspecified atom stereocenters. The van der Waals surface area contributed by atoms with Gasteiger partial charge in [0.2, 0.25) is 0 Å². The smallest absolute Gasteiger partial charge is 0.345 e. The van der Waals surface area contributed by atoms with Gasteiger partial charge in [-0.25, -0.2) is 0 Å². The van der Waals surface area contributed by atoms with Gasteiger partial charge in [-0.3, -0.25) is 14.5 Å². The lowest BCUT2D eigenvalue weighted by Crippen LogP contribution is -2.31. The Labute approximate surface area is 201 Å². The second-order valence-electron chi connectivity index (χ2n) is 8.89. The highest BCUT2D eigenvalue weighted by atomic mass is 19.3. The summed E-state index contributed by atoms with van der Waals surface area (Å²) in [5, 5.41) is 1.06. The van der Waals surface area contributed by atoms with Crippen molar-refractivity contribution in [1.82, 2.24) is 14.8 Å². The number of hydrogen-bond donors (Lipinski definition) is 1. The van der Waals surface area contributed by atoms with Crippen LogP contribution in [-0.2, 0) is 11.2 Å². The van der Waals surface area contributed by atoms with E-state index in [4.69, 9.17) is 4.74 Å². The molecule has 0 radical (unpaired) electrons. The number of carbonyl (C=O) groups excluding carboxylic acids is 2. The maximum absolute atomic E-state index is 12.5. The van der Waals surface area contributed by atoms with Gasteiger partial charge in [-0.2, -0.15) is 8.78 Å². The quantitative estimate of drug-likeness (QED) is 0.347. The second kappa shape index (κ2) is 10.1. The van der Waals surface area contributed by atoms with Gasteiger partial charge in [-0.15, -0.1) is 0 Å². The number of fused-ring (bicyclic) bond motifs is 2. The topological polar surface area (TPSA) is 74.9 Å². The fraction of sp³-hybridized carbons (Fsp3) is 0.385. The third-order valence-electron chi connectivity index (χ3n) is 6.63. The molecule has 1 aromatic heterocycles. The summed E-state index contributed by atoms with van der Waals surface area (Å²) in [7, 11) is 0. The Balaban J connectivity index is 1.13. The number of halogens is 2. The van der Waals surface area contributed by atoms with Crippen molar-refractivity contribution in [1.29, 1.82) is 0 Å². The highest BCUT2D eigenvalue weighted by molar-refractivity contribution is 6.21. The molecule has 3 aromatic rings. The third kappa shape index (κ3) is 5.06. The van der Waals surface area contributed by atoms with Crippen molar-refractivity contribution in [2.45, 2.75) is 32.0 Å². The van der Waals surface area contributed by atoms with Crippen LogP contribution in [0.25, 0.3) is 10.9 Å². The third-order valence-corrected chi connectivity index (χ3v) is 6.63. The van der Waals surface area contributed by atoms with Crippen molar-refractivity contribution < 1.29 is 27.8 Å². The number of likely N-dealkylation sites (tertiary alicyclic amines) is 1. The molecule has 1 atom stereocenters. The molecule has 2 amide bonds. The van der Waals surface area contributed by atoms with Gasteiger partial charge < -0.3 is 19.4 Å². The Hall–Kier alpha value is -3.30. The van der Waals surface area contributed by atoms with Crippen LogP contribution in [0.5, 0.6) is 5.75 Å². The molecule has 0 saturated carbocycles. The monoisotopic (exact) mass is 483 g/mol. The first-order valence-electron chi connectivity index (χ1n) is 11.8. The number of nitrogens with one attached hydrogen (secondary N) is 1. The summed E-state index contributed by atoms with van der Waals surface area (Å²) in [6.45, 7) is -0.00943. The van der Waals surface area contributed by atoms with Crippen molar-refractivity contribution in [3.8, 4) is 5.75 Å². The van der Waals surface area contributed by atoms with E-state index in [2.05, 4.69) is 14.6 Å². The number of amides is 2. The van der Waals surface area contributed by atoms with Gasteiger partial charge >= 0.3 is 6.61 Å². The normalized spacial score (nSPS) is 18.3. The van der Waals surface area contributed by atoms with Crippen molar-refractivity contribution in [3.05, 3.63) is 65.4 Å². The van der Waals surface area contributed by atoms with Crippen LogP contribution in [-0.4, -0.2) is 72.1 Å². The van der Waals surface area contributed by atoms with E-state index in [1.54, 1.807) is 24.3 Å². The highest BCUT2D eigenvalue weighted by Crippen LogP contribution is 2.26. The van der Waals surface area contributed by atoms with Crippen LogP contribution in [0.3, 0.4) is 0 Å². The van der Waals surface area contributed by atoms with Crippen LogP contribution < -0.4 is 4.74 Å². The predicted octanol–water partition coefficient (Wildman–Crippen LogP) is 4.09. The minimum atomic E-state index is -2.72. The first kappa shape index (κ1) is 23.4. The number of aromatic nitrogens is 1. The van der Waals surface area contributed by atoms with Gasteiger partial charge in [-0.1, -0.05) is 12.1 Å². The van der Waals surface area contributed by atoms with Crippen LogP contribution in [0.2, 0.25) is 0 Å². The van der Waals surface area contributed by atoms with E-state index in [0.717, 1.165) is 36.0 Å². The van der Waals surface area contributed by atoms with E-state index in [1.165, 1.54) is 4.90 Å². The van der Waals surface area contributed by atoms with E-state index in [1.807, 2.05) is 24.4 Å². The molecule has 5 rings (SSSR count). The second-order valence-corrected chi connectivity index (χ2v) is 8.89. The van der Waals surface area contributed by atoms with Crippen molar-refractivity contribution in [2.75, 3.05) is 32.8 Å². The van der Waals surface area contributed by atoms with Crippen LogP contribution >= 0.6 is 0 Å². The molecule has 0 aliphatic carbocycles. The molecule has 1 N–H and O–H groups in total. The number of imide groups is 1. The number of alkyl halides is 2. The van der Waals surface area contributed by atoms with Gasteiger partial charge in [0.25, 0.3) is 11.8 Å². The Morgan fingerprint density at radius 3 is 2.57 bits per heavy atom. The molecule has 9 heteroatoms. The zero-order valence-corrected chi connectivity index (χ0v) is 19.2. The zero-order chi connectivity index (χ0) is 24.4. The summed E-state index contributed by atoms with van der Waals surface area (Å²) in [6, 6.07) is 12.7. The van der Waals surface area contributed by atoms with Gasteiger partial charge in [-0.05, 0) is 55.2 Å². The molecule has 2 aliphatic heterocycles. The first-order valence-corrected chi connectivity index (χ1v) is 11.8. The molecule has 2 aliphatic rings. The molecular weight excluding hydrogens is 456 g/mol. The van der Waals surface area contributed by atoms with Gasteiger partial charge in [0.1, 0.15) is 5.75 Å². The predicted molar refractivity (Wildman–Crippen MR) is 126 cm³/mol. The van der Waals surface area contributed by atoms with Crippen LogP contribution in [0.1, 0.15) is 39.1 Å². The summed E-state index contributed by atoms with van der Waals surface area (Å²) >= 11 is 0.